The van der Waals surface area contributed by atoms with E-state index in [0.717, 1.165) is 35.1 Å². The van der Waals surface area contributed by atoms with Crippen molar-refractivity contribution in [3.8, 4) is 16.7 Å². The van der Waals surface area contributed by atoms with Crippen molar-refractivity contribution in [2.24, 2.45) is 0 Å². The predicted molar refractivity (Wildman–Crippen MR) is 115 cm³/mol. The first-order chi connectivity index (χ1) is 14.7. The molecule has 0 spiro atoms. The molecule has 1 aliphatic rings. The molecule has 1 amide bonds. The van der Waals surface area contributed by atoms with Crippen LogP contribution in [0.2, 0.25) is 0 Å². The number of nitrogen functional groups attached to an aromatic ring is 1. The summed E-state index contributed by atoms with van der Waals surface area (Å²) in [6, 6.07) is 16.6. The molecule has 8 heteroatoms. The van der Waals surface area contributed by atoms with Crippen LogP contribution in [0.15, 0.2) is 54.6 Å². The van der Waals surface area contributed by atoms with Crippen LogP contribution in [0.1, 0.15) is 28.1 Å². The molecule has 3 N–H and O–H groups in total. The summed E-state index contributed by atoms with van der Waals surface area (Å²) in [7, 11) is 0. The average Bonchev–Trinajstić information content (AvgIpc) is 3.43. The van der Waals surface area contributed by atoms with E-state index < -0.39 is 0 Å². The molecular formula is C22H23N3O4S. The summed E-state index contributed by atoms with van der Waals surface area (Å²) < 4.78 is 16.9. The van der Waals surface area contributed by atoms with Gasteiger partial charge in [0.25, 0.3) is 5.91 Å². The Morgan fingerprint density at radius 3 is 2.83 bits per heavy atom. The van der Waals surface area contributed by atoms with Gasteiger partial charge in [-0.2, -0.15) is 4.98 Å². The summed E-state index contributed by atoms with van der Waals surface area (Å²) >= 11 is 1.47. The Labute approximate surface area is 178 Å². The number of benzene rings is 1. The second-order valence-corrected chi connectivity index (χ2v) is 7.98. The van der Waals surface area contributed by atoms with Crippen molar-refractivity contribution in [2.45, 2.75) is 25.5 Å². The quantitative estimate of drug-likeness (QED) is 0.566. The van der Waals surface area contributed by atoms with Crippen molar-refractivity contribution >= 4 is 23.1 Å². The van der Waals surface area contributed by atoms with E-state index in [2.05, 4.69) is 10.3 Å². The highest BCUT2D eigenvalue weighted by Gasteiger charge is 2.17. The van der Waals surface area contributed by atoms with Crippen LogP contribution in [0.4, 0.5) is 5.82 Å². The lowest BCUT2D eigenvalue weighted by Crippen LogP contribution is -2.24. The molecule has 1 saturated heterocycles. The average molecular weight is 426 g/mol. The number of nitrogens with zero attached hydrogens (tertiary/aromatic N) is 1. The maximum Gasteiger partial charge on any atom is 0.255 e. The SMILES string of the molecule is Nc1nc(OC[C@H]2CCCO2)ccc1C(=O)NCc1ccc(Oc2ccccc2)s1. The van der Waals surface area contributed by atoms with E-state index >= 15 is 0 Å². The number of amides is 1. The number of ether oxygens (including phenoxy) is 3. The molecule has 0 unspecified atom stereocenters. The first-order valence-electron chi connectivity index (χ1n) is 9.78. The van der Waals surface area contributed by atoms with Gasteiger partial charge in [0.1, 0.15) is 18.2 Å². The van der Waals surface area contributed by atoms with Crippen LogP contribution in [0.25, 0.3) is 0 Å². The molecule has 0 aliphatic carbocycles. The molecule has 2 aromatic heterocycles. The number of carbonyl (C=O) groups excluding carboxylic acids is 1. The monoisotopic (exact) mass is 425 g/mol. The van der Waals surface area contributed by atoms with Crippen LogP contribution in [0.5, 0.6) is 16.7 Å². The number of hydrogen-bond donors (Lipinski definition) is 2. The van der Waals surface area contributed by atoms with Gasteiger partial charge in [-0.25, -0.2) is 0 Å². The first-order valence-corrected chi connectivity index (χ1v) is 10.6. The minimum absolute atomic E-state index is 0.0950. The fraction of sp³-hybridized carbons (Fsp3) is 0.273. The summed E-state index contributed by atoms with van der Waals surface area (Å²) in [5.74, 6) is 1.01. The summed E-state index contributed by atoms with van der Waals surface area (Å²) in [6.07, 6.45) is 2.13. The molecule has 1 atom stereocenters. The van der Waals surface area contributed by atoms with Crippen molar-refractivity contribution in [2.75, 3.05) is 18.9 Å². The smallest absolute Gasteiger partial charge is 0.255 e. The lowest BCUT2D eigenvalue weighted by Gasteiger charge is -2.12. The number of nitrogens with two attached hydrogens (primary N) is 1. The zero-order valence-corrected chi connectivity index (χ0v) is 17.2. The molecule has 156 valence electrons. The van der Waals surface area contributed by atoms with Crippen molar-refractivity contribution < 1.29 is 19.0 Å². The fourth-order valence-electron chi connectivity index (χ4n) is 3.06. The molecule has 4 rings (SSSR count). The van der Waals surface area contributed by atoms with Crippen LogP contribution in [0.3, 0.4) is 0 Å². The minimum atomic E-state index is -0.287. The van der Waals surface area contributed by atoms with Crippen LogP contribution < -0.4 is 20.5 Å². The van der Waals surface area contributed by atoms with Crippen LogP contribution in [-0.2, 0) is 11.3 Å². The zero-order chi connectivity index (χ0) is 20.8. The Kier molecular flexibility index (Phi) is 6.46. The summed E-state index contributed by atoms with van der Waals surface area (Å²) in [6.45, 7) is 1.58. The van der Waals surface area contributed by atoms with Gasteiger partial charge in [-0.3, -0.25) is 4.79 Å². The highest BCUT2D eigenvalue weighted by atomic mass is 32.1. The minimum Gasteiger partial charge on any atom is -0.475 e. The number of para-hydroxylation sites is 1. The number of carbonyl (C=O) groups is 1. The molecule has 1 aliphatic heterocycles. The number of rotatable bonds is 8. The van der Waals surface area contributed by atoms with Gasteiger partial charge >= 0.3 is 0 Å². The number of anilines is 1. The van der Waals surface area contributed by atoms with E-state index in [1.807, 2.05) is 42.5 Å². The van der Waals surface area contributed by atoms with Crippen molar-refractivity contribution in [1.29, 1.82) is 0 Å². The van der Waals surface area contributed by atoms with Crippen molar-refractivity contribution in [3.05, 3.63) is 65.0 Å². The summed E-state index contributed by atoms with van der Waals surface area (Å²) in [5, 5.41) is 3.63. The molecule has 0 saturated carbocycles. The Morgan fingerprint density at radius 1 is 1.20 bits per heavy atom. The zero-order valence-electron chi connectivity index (χ0n) is 16.4. The van der Waals surface area contributed by atoms with Gasteiger partial charge in [-0.1, -0.05) is 18.2 Å². The molecule has 0 radical (unpaired) electrons. The third-order valence-electron chi connectivity index (χ3n) is 4.61. The Balaban J connectivity index is 1.29. The van der Waals surface area contributed by atoms with Gasteiger partial charge in [0.05, 0.1) is 18.2 Å². The van der Waals surface area contributed by atoms with Gasteiger partial charge in [0.15, 0.2) is 5.06 Å². The number of nitrogens with one attached hydrogen (secondary N) is 1. The van der Waals surface area contributed by atoms with E-state index in [1.165, 1.54) is 11.3 Å². The van der Waals surface area contributed by atoms with E-state index in [1.54, 1.807) is 12.1 Å². The lowest BCUT2D eigenvalue weighted by atomic mass is 10.2. The lowest BCUT2D eigenvalue weighted by molar-refractivity contribution is 0.0663. The second-order valence-electron chi connectivity index (χ2n) is 6.85. The molecule has 1 fully saturated rings. The highest BCUT2D eigenvalue weighted by molar-refractivity contribution is 7.13. The Hall–Kier alpha value is -3.10. The summed E-state index contributed by atoms with van der Waals surface area (Å²) in [5.41, 5.74) is 6.28. The van der Waals surface area contributed by atoms with Crippen molar-refractivity contribution in [1.82, 2.24) is 10.3 Å². The third kappa shape index (κ3) is 5.28. The molecular weight excluding hydrogens is 402 g/mol. The summed E-state index contributed by atoms with van der Waals surface area (Å²) in [4.78, 5) is 17.6. The maximum absolute atomic E-state index is 12.5. The molecule has 0 bridgehead atoms. The van der Waals surface area contributed by atoms with E-state index in [-0.39, 0.29) is 17.8 Å². The molecule has 30 heavy (non-hydrogen) atoms. The van der Waals surface area contributed by atoms with Gasteiger partial charge in [0.2, 0.25) is 5.88 Å². The highest BCUT2D eigenvalue weighted by Crippen LogP contribution is 2.29. The standard InChI is InChI=1S/C22H23N3O4S/c23-21-18(9-10-19(25-21)28-14-16-7-4-12-27-16)22(26)24-13-17-8-11-20(30-17)29-15-5-2-1-3-6-15/h1-3,5-6,8-11,16H,4,7,12-14H2,(H2,23,25)(H,24,26)/t16-/m1/s1. The maximum atomic E-state index is 12.5. The van der Waals surface area contributed by atoms with E-state index in [9.17, 15) is 4.79 Å². The third-order valence-corrected chi connectivity index (χ3v) is 5.57. The van der Waals surface area contributed by atoms with E-state index in [0.29, 0.717) is 24.6 Å². The van der Waals surface area contributed by atoms with Gasteiger partial charge in [0, 0.05) is 17.6 Å². The first kappa shape index (κ1) is 20.2. The van der Waals surface area contributed by atoms with Crippen LogP contribution >= 0.6 is 11.3 Å². The van der Waals surface area contributed by atoms with Crippen LogP contribution in [0, 0.1) is 0 Å². The Bertz CT molecular complexity index is 987. The normalized spacial score (nSPS) is 15.7. The molecule has 3 aromatic rings. The molecule has 1 aromatic carbocycles. The number of pyridine rings is 1. The van der Waals surface area contributed by atoms with Gasteiger partial charge in [-0.05, 0) is 43.2 Å². The number of thiophene rings is 1. The fourth-order valence-corrected chi connectivity index (χ4v) is 3.87. The second kappa shape index (κ2) is 9.60. The van der Waals surface area contributed by atoms with Crippen molar-refractivity contribution in [3.63, 3.8) is 0 Å². The topological polar surface area (TPSA) is 95.7 Å². The van der Waals surface area contributed by atoms with E-state index in [4.69, 9.17) is 19.9 Å². The predicted octanol–water partition coefficient (Wildman–Crippen LogP) is 4.01. The number of hydrogen-bond acceptors (Lipinski definition) is 7. The van der Waals surface area contributed by atoms with Gasteiger partial charge < -0.3 is 25.3 Å². The molecule has 3 heterocycles. The van der Waals surface area contributed by atoms with Crippen LogP contribution in [-0.4, -0.2) is 30.2 Å². The number of aromatic nitrogens is 1. The Morgan fingerprint density at radius 2 is 2.07 bits per heavy atom. The molecule has 7 nitrogen and oxygen atoms in total. The largest absolute Gasteiger partial charge is 0.475 e. The van der Waals surface area contributed by atoms with Gasteiger partial charge in [-0.15, -0.1) is 11.3 Å².